The first-order valence-corrected chi connectivity index (χ1v) is 8.55. The van der Waals surface area contributed by atoms with Crippen molar-refractivity contribution in [2.45, 2.75) is 6.92 Å². The molecule has 2 aromatic heterocycles. The van der Waals surface area contributed by atoms with Crippen LogP contribution in [0.15, 0.2) is 88.4 Å². The standard InChI is InChI=1S/C23H16N2O2/c1-16-20(11-12-27-16)18-13-22(21-10-6-5-7-17(21)14-24)23(26)25(15-18)19-8-3-2-4-9-19/h2-13,15H,1H3. The Morgan fingerprint density at radius 3 is 2.37 bits per heavy atom. The van der Waals surface area contributed by atoms with Crippen LogP contribution in [0.5, 0.6) is 0 Å². The number of aryl methyl sites for hydroxylation is 1. The first-order valence-electron chi connectivity index (χ1n) is 8.55. The van der Waals surface area contributed by atoms with Gasteiger partial charge in [0, 0.05) is 34.1 Å². The number of para-hydroxylation sites is 1. The van der Waals surface area contributed by atoms with E-state index in [1.165, 1.54) is 0 Å². The van der Waals surface area contributed by atoms with Gasteiger partial charge in [-0.1, -0.05) is 36.4 Å². The summed E-state index contributed by atoms with van der Waals surface area (Å²) in [6.07, 6.45) is 3.44. The van der Waals surface area contributed by atoms with Gasteiger partial charge >= 0.3 is 0 Å². The summed E-state index contributed by atoms with van der Waals surface area (Å²) in [5.74, 6) is 0.771. The summed E-state index contributed by atoms with van der Waals surface area (Å²) in [6.45, 7) is 1.89. The zero-order chi connectivity index (χ0) is 18.8. The van der Waals surface area contributed by atoms with E-state index in [1.807, 2.05) is 61.7 Å². The fourth-order valence-electron chi connectivity index (χ4n) is 3.20. The number of furan rings is 1. The van der Waals surface area contributed by atoms with E-state index in [4.69, 9.17) is 4.42 Å². The number of pyridine rings is 1. The molecule has 0 fully saturated rings. The summed E-state index contributed by atoms with van der Waals surface area (Å²) in [7, 11) is 0. The zero-order valence-electron chi connectivity index (χ0n) is 14.7. The maximum Gasteiger partial charge on any atom is 0.263 e. The number of nitriles is 1. The molecular weight excluding hydrogens is 336 g/mol. The first-order chi connectivity index (χ1) is 13.2. The van der Waals surface area contributed by atoms with E-state index in [0.29, 0.717) is 16.7 Å². The monoisotopic (exact) mass is 352 g/mol. The van der Waals surface area contributed by atoms with Crippen LogP contribution in [0.4, 0.5) is 0 Å². The second-order valence-electron chi connectivity index (χ2n) is 6.20. The second-order valence-corrected chi connectivity index (χ2v) is 6.20. The molecule has 0 unspecified atom stereocenters. The van der Waals surface area contributed by atoms with Crippen LogP contribution in [0, 0.1) is 18.3 Å². The molecule has 4 heteroatoms. The van der Waals surface area contributed by atoms with E-state index in [0.717, 1.165) is 22.6 Å². The fraction of sp³-hybridized carbons (Fsp3) is 0.0435. The molecule has 0 spiro atoms. The predicted molar refractivity (Wildman–Crippen MR) is 105 cm³/mol. The first kappa shape index (κ1) is 16.6. The van der Waals surface area contributed by atoms with Gasteiger partial charge in [0.15, 0.2) is 0 Å². The van der Waals surface area contributed by atoms with E-state index in [9.17, 15) is 10.1 Å². The van der Waals surface area contributed by atoms with Crippen LogP contribution < -0.4 is 5.56 Å². The molecule has 0 saturated carbocycles. The molecule has 0 aliphatic rings. The smallest absolute Gasteiger partial charge is 0.263 e. The van der Waals surface area contributed by atoms with E-state index < -0.39 is 0 Å². The molecule has 130 valence electrons. The van der Waals surface area contributed by atoms with Crippen LogP contribution in [0.3, 0.4) is 0 Å². The molecule has 4 nitrogen and oxygen atoms in total. The Morgan fingerprint density at radius 1 is 0.926 bits per heavy atom. The summed E-state index contributed by atoms with van der Waals surface area (Å²) in [5.41, 5.74) is 3.93. The molecule has 27 heavy (non-hydrogen) atoms. The molecule has 0 radical (unpaired) electrons. The highest BCUT2D eigenvalue weighted by Gasteiger charge is 2.15. The van der Waals surface area contributed by atoms with Gasteiger partial charge in [0.25, 0.3) is 5.56 Å². The van der Waals surface area contributed by atoms with Gasteiger partial charge < -0.3 is 4.42 Å². The third-order valence-corrected chi connectivity index (χ3v) is 4.56. The van der Waals surface area contributed by atoms with Crippen molar-refractivity contribution in [1.82, 2.24) is 4.57 Å². The predicted octanol–water partition coefficient (Wildman–Crippen LogP) is 4.94. The minimum atomic E-state index is -0.172. The Hall–Kier alpha value is -3.84. The summed E-state index contributed by atoms with van der Waals surface area (Å²) in [4.78, 5) is 13.3. The summed E-state index contributed by atoms with van der Waals surface area (Å²) >= 11 is 0. The highest BCUT2D eigenvalue weighted by molar-refractivity contribution is 5.76. The molecule has 0 amide bonds. The van der Waals surface area contributed by atoms with Gasteiger partial charge in [-0.05, 0) is 37.3 Å². The molecule has 0 bridgehead atoms. The Labute approximate surface area is 156 Å². The molecule has 0 saturated heterocycles. The van der Waals surface area contributed by atoms with Gasteiger partial charge in [-0.2, -0.15) is 5.26 Å². The van der Waals surface area contributed by atoms with Crippen LogP contribution >= 0.6 is 0 Å². The molecule has 0 atom stereocenters. The number of aromatic nitrogens is 1. The molecule has 0 N–H and O–H groups in total. The lowest BCUT2D eigenvalue weighted by atomic mass is 9.98. The van der Waals surface area contributed by atoms with Crippen molar-refractivity contribution < 1.29 is 4.42 Å². The molecule has 4 rings (SSSR count). The quantitative estimate of drug-likeness (QED) is 0.524. The molecule has 0 aliphatic heterocycles. The van der Waals surface area contributed by atoms with E-state index >= 15 is 0 Å². The minimum absolute atomic E-state index is 0.172. The molecule has 4 aromatic rings. The number of hydrogen-bond donors (Lipinski definition) is 0. The number of nitrogens with zero attached hydrogens (tertiary/aromatic N) is 2. The van der Waals surface area contributed by atoms with Crippen molar-refractivity contribution in [2.24, 2.45) is 0 Å². The Morgan fingerprint density at radius 2 is 1.67 bits per heavy atom. The van der Waals surface area contributed by atoms with Crippen molar-refractivity contribution in [3.63, 3.8) is 0 Å². The topological polar surface area (TPSA) is 58.9 Å². The van der Waals surface area contributed by atoms with E-state index in [-0.39, 0.29) is 5.56 Å². The van der Waals surface area contributed by atoms with Crippen molar-refractivity contribution in [1.29, 1.82) is 5.26 Å². The van der Waals surface area contributed by atoms with E-state index in [2.05, 4.69) is 6.07 Å². The normalized spacial score (nSPS) is 10.5. The van der Waals surface area contributed by atoms with Crippen molar-refractivity contribution >= 4 is 0 Å². The van der Waals surface area contributed by atoms with Crippen LogP contribution in [0.25, 0.3) is 27.9 Å². The maximum absolute atomic E-state index is 13.3. The highest BCUT2D eigenvalue weighted by Crippen LogP contribution is 2.29. The van der Waals surface area contributed by atoms with Crippen LogP contribution in [0.1, 0.15) is 11.3 Å². The SMILES string of the molecule is Cc1occc1-c1cc(-c2ccccc2C#N)c(=O)n(-c2ccccc2)c1. The number of benzene rings is 2. The number of rotatable bonds is 3. The van der Waals surface area contributed by atoms with Gasteiger partial charge in [0.1, 0.15) is 5.76 Å². The Bertz CT molecular complexity index is 1210. The van der Waals surface area contributed by atoms with Crippen LogP contribution in [-0.4, -0.2) is 4.57 Å². The van der Waals surface area contributed by atoms with Crippen molar-refractivity contribution in [3.05, 3.63) is 101 Å². The maximum atomic E-state index is 13.3. The molecule has 0 aliphatic carbocycles. The average Bonchev–Trinajstić information content (AvgIpc) is 3.15. The lowest BCUT2D eigenvalue weighted by Gasteiger charge is -2.13. The molecular formula is C23H16N2O2. The van der Waals surface area contributed by atoms with Gasteiger partial charge in [-0.3, -0.25) is 9.36 Å². The van der Waals surface area contributed by atoms with Gasteiger partial charge in [-0.15, -0.1) is 0 Å². The van der Waals surface area contributed by atoms with Crippen molar-refractivity contribution in [3.8, 4) is 34.0 Å². The zero-order valence-corrected chi connectivity index (χ0v) is 14.7. The Kier molecular flexibility index (Phi) is 4.19. The minimum Gasteiger partial charge on any atom is -0.469 e. The highest BCUT2D eigenvalue weighted by atomic mass is 16.3. The third-order valence-electron chi connectivity index (χ3n) is 4.56. The van der Waals surface area contributed by atoms with E-state index in [1.54, 1.807) is 29.0 Å². The van der Waals surface area contributed by atoms with Gasteiger partial charge in [0.05, 0.1) is 17.9 Å². The van der Waals surface area contributed by atoms with Gasteiger partial charge in [-0.25, -0.2) is 0 Å². The second kappa shape index (κ2) is 6.81. The Balaban J connectivity index is 2.06. The van der Waals surface area contributed by atoms with Gasteiger partial charge in [0.2, 0.25) is 0 Å². The third kappa shape index (κ3) is 2.96. The largest absolute Gasteiger partial charge is 0.469 e. The summed E-state index contributed by atoms with van der Waals surface area (Å²) < 4.78 is 7.06. The molecule has 2 heterocycles. The average molecular weight is 352 g/mol. The summed E-state index contributed by atoms with van der Waals surface area (Å²) in [6, 6.07) is 22.5. The fourth-order valence-corrected chi connectivity index (χ4v) is 3.20. The van der Waals surface area contributed by atoms with Crippen LogP contribution in [-0.2, 0) is 0 Å². The lowest BCUT2D eigenvalue weighted by molar-refractivity contribution is 0.535. The summed E-state index contributed by atoms with van der Waals surface area (Å²) in [5, 5.41) is 9.48. The van der Waals surface area contributed by atoms with Crippen molar-refractivity contribution in [2.75, 3.05) is 0 Å². The number of hydrogen-bond acceptors (Lipinski definition) is 3. The lowest BCUT2D eigenvalue weighted by Crippen LogP contribution is -2.20. The molecule has 2 aromatic carbocycles. The van der Waals surface area contributed by atoms with Crippen LogP contribution in [0.2, 0.25) is 0 Å².